The van der Waals surface area contributed by atoms with Crippen LogP contribution in [0.2, 0.25) is 0 Å². The Bertz CT molecular complexity index is 192. The van der Waals surface area contributed by atoms with E-state index in [4.69, 9.17) is 0 Å². The zero-order valence-electron chi connectivity index (χ0n) is 8.08. The molecule has 0 heteroatoms. The maximum Gasteiger partial charge on any atom is -0.0187 e. The van der Waals surface area contributed by atoms with Crippen molar-refractivity contribution in [3.63, 3.8) is 0 Å². The molecule has 0 spiro atoms. The van der Waals surface area contributed by atoms with E-state index in [1.807, 2.05) is 18.2 Å². The van der Waals surface area contributed by atoms with Crippen LogP contribution in [0.5, 0.6) is 0 Å². The van der Waals surface area contributed by atoms with Gasteiger partial charge in [-0.1, -0.05) is 49.0 Å². The lowest BCUT2D eigenvalue weighted by molar-refractivity contribution is 0.696. The van der Waals surface area contributed by atoms with Gasteiger partial charge in [-0.2, -0.15) is 0 Å². The molecule has 0 atom stereocenters. The van der Waals surface area contributed by atoms with Gasteiger partial charge in [0.25, 0.3) is 0 Å². The van der Waals surface area contributed by atoms with E-state index in [1.165, 1.54) is 32.1 Å². The minimum atomic E-state index is 1.19. The molecule has 0 aliphatic heterocycles. The molecule has 0 saturated carbocycles. The minimum absolute atomic E-state index is 1.19. The summed E-state index contributed by atoms with van der Waals surface area (Å²) < 4.78 is 0. The van der Waals surface area contributed by atoms with Crippen LogP contribution in [0.15, 0.2) is 42.5 Å². The van der Waals surface area contributed by atoms with Gasteiger partial charge in [0.1, 0.15) is 0 Å². The number of hydrogen-bond donors (Lipinski definition) is 0. The largest absolute Gasteiger partial charge is 0.0845 e. The molecule has 0 aromatic rings. The molecule has 0 nitrogen and oxygen atoms in total. The summed E-state index contributed by atoms with van der Waals surface area (Å²) in [4.78, 5) is 0. The number of rotatable bonds is 0. The van der Waals surface area contributed by atoms with E-state index < -0.39 is 0 Å². The lowest BCUT2D eigenvalue weighted by atomic mass is 10.1. The van der Waals surface area contributed by atoms with E-state index in [1.54, 1.807) is 0 Å². The third kappa shape index (κ3) is 6.15. The van der Waals surface area contributed by atoms with Gasteiger partial charge < -0.3 is 0 Å². The fraction of sp³-hybridized carbons (Fsp3) is 0.385. The van der Waals surface area contributed by atoms with Crippen LogP contribution < -0.4 is 0 Å². The summed E-state index contributed by atoms with van der Waals surface area (Å²) in [5.74, 6) is 0. The first-order chi connectivity index (χ1) is 6.50. The standard InChI is InChI=1S/C13H17/c1-2-4-6-8-10-12-13-11-9-7-5-3-1/h1-5,9,11H,6,8,10,12-13H2. The second-order valence-electron chi connectivity index (χ2n) is 3.19. The predicted molar refractivity (Wildman–Crippen MR) is 58.3 cm³/mol. The van der Waals surface area contributed by atoms with E-state index in [2.05, 4.69) is 30.4 Å². The van der Waals surface area contributed by atoms with Crippen molar-refractivity contribution >= 4 is 0 Å². The molecular formula is C13H17. The van der Waals surface area contributed by atoms with Crippen LogP contribution >= 0.6 is 0 Å². The van der Waals surface area contributed by atoms with Crippen molar-refractivity contribution in [2.24, 2.45) is 0 Å². The lowest BCUT2D eigenvalue weighted by Gasteiger charge is -1.93. The van der Waals surface area contributed by atoms with Gasteiger partial charge in [-0.3, -0.25) is 0 Å². The molecule has 13 heavy (non-hydrogen) atoms. The van der Waals surface area contributed by atoms with Crippen molar-refractivity contribution in [1.29, 1.82) is 0 Å². The molecule has 0 N–H and O–H groups in total. The highest BCUT2D eigenvalue weighted by molar-refractivity contribution is 5.12. The Labute approximate surface area is 81.4 Å². The molecule has 0 amide bonds. The first-order valence-corrected chi connectivity index (χ1v) is 5.06. The molecule has 1 radical (unpaired) electrons. The molecule has 1 aliphatic carbocycles. The summed E-state index contributed by atoms with van der Waals surface area (Å²) in [5, 5.41) is 0. The van der Waals surface area contributed by atoms with Crippen LogP contribution in [0.3, 0.4) is 0 Å². The van der Waals surface area contributed by atoms with Crippen LogP contribution in [0.1, 0.15) is 32.1 Å². The number of allylic oxidation sites excluding steroid dienone is 8. The maximum atomic E-state index is 3.10. The van der Waals surface area contributed by atoms with E-state index in [0.717, 1.165) is 0 Å². The molecule has 0 aromatic heterocycles. The molecule has 0 bridgehead atoms. The van der Waals surface area contributed by atoms with Crippen molar-refractivity contribution in [1.82, 2.24) is 0 Å². The molecule has 0 fully saturated rings. The number of hydrogen-bond acceptors (Lipinski definition) is 0. The van der Waals surface area contributed by atoms with Gasteiger partial charge >= 0.3 is 0 Å². The van der Waals surface area contributed by atoms with Gasteiger partial charge in [0.05, 0.1) is 0 Å². The molecule has 1 rings (SSSR count). The average molecular weight is 173 g/mol. The summed E-state index contributed by atoms with van der Waals surface area (Å²) >= 11 is 0. The lowest BCUT2D eigenvalue weighted by Crippen LogP contribution is -1.74. The first-order valence-electron chi connectivity index (χ1n) is 5.06. The Kier molecular flexibility index (Phi) is 5.87. The molecule has 0 aromatic carbocycles. The molecule has 1 aliphatic rings. The third-order valence-electron chi connectivity index (χ3n) is 2.01. The quantitative estimate of drug-likeness (QED) is 0.520. The van der Waals surface area contributed by atoms with E-state index >= 15 is 0 Å². The molecule has 0 unspecified atom stereocenters. The minimum Gasteiger partial charge on any atom is -0.0845 e. The van der Waals surface area contributed by atoms with Gasteiger partial charge in [-0.15, -0.1) is 0 Å². The second kappa shape index (κ2) is 7.60. The highest BCUT2D eigenvalue weighted by atomic mass is 13.9. The van der Waals surface area contributed by atoms with Gasteiger partial charge in [0, 0.05) is 0 Å². The summed E-state index contributed by atoms with van der Waals surface area (Å²) in [6.45, 7) is 0. The fourth-order valence-corrected chi connectivity index (χ4v) is 1.26. The van der Waals surface area contributed by atoms with Crippen LogP contribution in [0.4, 0.5) is 0 Å². The Morgan fingerprint density at radius 1 is 0.769 bits per heavy atom. The third-order valence-corrected chi connectivity index (χ3v) is 2.01. The van der Waals surface area contributed by atoms with Gasteiger partial charge in [-0.05, 0) is 31.8 Å². The van der Waals surface area contributed by atoms with Crippen molar-refractivity contribution in [3.8, 4) is 0 Å². The Hall–Kier alpha value is -1.04. The normalized spacial score (nSPS) is 19.1. The topological polar surface area (TPSA) is 0 Å². The van der Waals surface area contributed by atoms with Crippen molar-refractivity contribution < 1.29 is 0 Å². The fourth-order valence-electron chi connectivity index (χ4n) is 1.26. The Balaban J connectivity index is 2.39. The molecular weight excluding hydrogens is 156 g/mol. The van der Waals surface area contributed by atoms with Gasteiger partial charge in [-0.25, -0.2) is 0 Å². The Morgan fingerprint density at radius 3 is 2.54 bits per heavy atom. The van der Waals surface area contributed by atoms with Crippen LogP contribution in [-0.4, -0.2) is 0 Å². The zero-order chi connectivity index (χ0) is 9.19. The van der Waals surface area contributed by atoms with Crippen LogP contribution in [0.25, 0.3) is 0 Å². The molecule has 0 heterocycles. The summed E-state index contributed by atoms with van der Waals surface area (Å²) in [6, 6.07) is 0. The predicted octanol–water partition coefficient (Wildman–Crippen LogP) is 3.98. The van der Waals surface area contributed by atoms with Crippen molar-refractivity contribution in [3.05, 3.63) is 48.6 Å². The monoisotopic (exact) mass is 173 g/mol. The maximum absolute atomic E-state index is 3.10. The smallest absolute Gasteiger partial charge is 0.0187 e. The van der Waals surface area contributed by atoms with Crippen LogP contribution in [0, 0.1) is 6.08 Å². The van der Waals surface area contributed by atoms with Gasteiger partial charge in [0.15, 0.2) is 0 Å². The van der Waals surface area contributed by atoms with E-state index in [-0.39, 0.29) is 0 Å². The average Bonchev–Trinajstić information content (AvgIpc) is 2.18. The molecule has 69 valence electrons. The van der Waals surface area contributed by atoms with E-state index in [9.17, 15) is 0 Å². The highest BCUT2D eigenvalue weighted by Crippen LogP contribution is 2.04. The Morgan fingerprint density at radius 2 is 1.62 bits per heavy atom. The summed E-state index contributed by atoms with van der Waals surface area (Å²) in [7, 11) is 0. The van der Waals surface area contributed by atoms with E-state index in [0.29, 0.717) is 0 Å². The van der Waals surface area contributed by atoms with Gasteiger partial charge in [0.2, 0.25) is 0 Å². The SMILES string of the molecule is [C]1=CC=CC=CCCCCCC=C1. The first kappa shape index (κ1) is 10.0. The van der Waals surface area contributed by atoms with Crippen LogP contribution in [-0.2, 0) is 0 Å². The second-order valence-corrected chi connectivity index (χ2v) is 3.19. The van der Waals surface area contributed by atoms with Crippen molar-refractivity contribution in [2.75, 3.05) is 0 Å². The molecule has 0 saturated heterocycles. The highest BCUT2D eigenvalue weighted by Gasteiger charge is 1.85. The summed E-state index contributed by atoms with van der Waals surface area (Å²) in [6.07, 6.45) is 24.0. The zero-order valence-corrected chi connectivity index (χ0v) is 8.08. The van der Waals surface area contributed by atoms with Crippen molar-refractivity contribution in [2.45, 2.75) is 32.1 Å². The summed E-state index contributed by atoms with van der Waals surface area (Å²) in [5.41, 5.74) is 0.